The zero-order valence-electron chi connectivity index (χ0n) is 15.8. The topological polar surface area (TPSA) is 79.0 Å². The second kappa shape index (κ2) is 7.48. The summed E-state index contributed by atoms with van der Waals surface area (Å²) in [7, 11) is 2.10. The van der Waals surface area contributed by atoms with Gasteiger partial charge in [0.25, 0.3) is 5.69 Å². The van der Waals surface area contributed by atoms with E-state index in [0.29, 0.717) is 17.5 Å². The summed E-state index contributed by atoms with van der Waals surface area (Å²) in [6, 6.07) is 6.27. The number of allylic oxidation sites excluding steroid dienone is 4. The van der Waals surface area contributed by atoms with Crippen LogP contribution in [0.15, 0.2) is 65.3 Å². The van der Waals surface area contributed by atoms with E-state index >= 15 is 0 Å². The van der Waals surface area contributed by atoms with E-state index in [1.807, 2.05) is 6.08 Å². The van der Waals surface area contributed by atoms with Crippen molar-refractivity contribution in [1.29, 1.82) is 0 Å². The first-order valence-electron chi connectivity index (χ1n) is 9.03. The SMILES string of the molecule is CN1/C(=C/C=NC[C@H](O)c2ccc([N+](=O)[O-])cc2)C(C)(C)[C@H]2C=CC=C[C@H]21. The minimum atomic E-state index is -0.789. The highest BCUT2D eigenvalue weighted by molar-refractivity contribution is 5.72. The molecule has 0 aromatic heterocycles. The van der Waals surface area contributed by atoms with Crippen molar-refractivity contribution >= 4 is 11.9 Å². The summed E-state index contributed by atoms with van der Waals surface area (Å²) in [5.41, 5.74) is 1.84. The van der Waals surface area contributed by atoms with E-state index in [-0.39, 0.29) is 17.6 Å². The van der Waals surface area contributed by atoms with Crippen LogP contribution in [0.4, 0.5) is 5.69 Å². The van der Waals surface area contributed by atoms with E-state index in [9.17, 15) is 15.2 Å². The van der Waals surface area contributed by atoms with Crippen molar-refractivity contribution < 1.29 is 10.0 Å². The molecule has 1 fully saturated rings. The molecule has 2 aliphatic rings. The molecule has 27 heavy (non-hydrogen) atoms. The lowest BCUT2D eigenvalue weighted by Crippen LogP contribution is -2.27. The molecule has 0 radical (unpaired) electrons. The van der Waals surface area contributed by atoms with Crippen molar-refractivity contribution in [2.24, 2.45) is 16.3 Å². The van der Waals surface area contributed by atoms with E-state index in [0.717, 1.165) is 0 Å². The first kappa shape index (κ1) is 19.0. The van der Waals surface area contributed by atoms with Gasteiger partial charge in [-0.05, 0) is 23.8 Å². The van der Waals surface area contributed by atoms with Crippen LogP contribution < -0.4 is 0 Å². The Morgan fingerprint density at radius 2 is 1.96 bits per heavy atom. The van der Waals surface area contributed by atoms with Gasteiger partial charge >= 0.3 is 0 Å². The molecule has 3 rings (SSSR count). The Bertz CT molecular complexity index is 822. The molecule has 0 amide bonds. The summed E-state index contributed by atoms with van der Waals surface area (Å²) in [4.78, 5) is 16.9. The molecule has 1 aromatic rings. The number of hydrogen-bond acceptors (Lipinski definition) is 5. The van der Waals surface area contributed by atoms with Crippen molar-refractivity contribution in [3.63, 3.8) is 0 Å². The monoisotopic (exact) mass is 367 g/mol. The molecule has 6 heteroatoms. The van der Waals surface area contributed by atoms with Gasteiger partial charge < -0.3 is 10.0 Å². The van der Waals surface area contributed by atoms with Crippen LogP contribution in [-0.2, 0) is 0 Å². The number of fused-ring (bicyclic) bond motifs is 1. The summed E-state index contributed by atoms with van der Waals surface area (Å²) >= 11 is 0. The largest absolute Gasteiger partial charge is 0.386 e. The Morgan fingerprint density at radius 3 is 2.59 bits per heavy atom. The van der Waals surface area contributed by atoms with Crippen LogP contribution in [-0.4, -0.2) is 40.8 Å². The molecule has 1 aliphatic heterocycles. The molecule has 142 valence electrons. The number of benzene rings is 1. The fourth-order valence-electron chi connectivity index (χ4n) is 3.96. The van der Waals surface area contributed by atoms with E-state index in [2.05, 4.69) is 55.1 Å². The third-order valence-corrected chi connectivity index (χ3v) is 5.53. The summed E-state index contributed by atoms with van der Waals surface area (Å²) in [6.45, 7) is 4.69. The molecule has 0 bridgehead atoms. The summed E-state index contributed by atoms with van der Waals surface area (Å²) in [5, 5.41) is 20.9. The Morgan fingerprint density at radius 1 is 1.30 bits per heavy atom. The van der Waals surface area contributed by atoms with E-state index in [1.54, 1.807) is 18.3 Å². The van der Waals surface area contributed by atoms with Crippen LogP contribution in [0.2, 0.25) is 0 Å². The van der Waals surface area contributed by atoms with Crippen molar-refractivity contribution in [1.82, 2.24) is 4.90 Å². The number of likely N-dealkylation sites (N-methyl/N-ethyl adjacent to an activating group) is 1. The van der Waals surface area contributed by atoms with Gasteiger partial charge in [0.15, 0.2) is 0 Å². The van der Waals surface area contributed by atoms with Crippen molar-refractivity contribution in [3.05, 3.63) is 76.0 Å². The zero-order chi connectivity index (χ0) is 19.6. The fraction of sp³-hybridized carbons (Fsp3) is 0.381. The van der Waals surface area contributed by atoms with Gasteiger partial charge in [0, 0.05) is 42.4 Å². The van der Waals surface area contributed by atoms with Gasteiger partial charge in [-0.1, -0.05) is 38.2 Å². The Balaban J connectivity index is 1.66. The molecule has 3 atom stereocenters. The number of nitro groups is 1. The third kappa shape index (κ3) is 3.71. The van der Waals surface area contributed by atoms with Gasteiger partial charge in [-0.3, -0.25) is 15.1 Å². The minimum absolute atomic E-state index is 0.00365. The maximum atomic E-state index is 10.7. The maximum Gasteiger partial charge on any atom is 0.269 e. The summed E-state index contributed by atoms with van der Waals surface area (Å²) in [5.74, 6) is 0.429. The van der Waals surface area contributed by atoms with Crippen LogP contribution in [0.3, 0.4) is 0 Å². The van der Waals surface area contributed by atoms with E-state index < -0.39 is 11.0 Å². The van der Waals surface area contributed by atoms with Crippen LogP contribution in [0.1, 0.15) is 25.5 Å². The number of aliphatic hydroxyl groups excluding tert-OH is 1. The second-order valence-electron chi connectivity index (χ2n) is 7.55. The number of aliphatic hydroxyl groups is 1. The van der Waals surface area contributed by atoms with Gasteiger partial charge in [-0.15, -0.1) is 0 Å². The van der Waals surface area contributed by atoms with Gasteiger partial charge in [0.2, 0.25) is 0 Å². The molecule has 1 aliphatic carbocycles. The number of non-ortho nitro benzene ring substituents is 1. The van der Waals surface area contributed by atoms with Crippen molar-refractivity contribution in [2.45, 2.75) is 26.0 Å². The highest BCUT2D eigenvalue weighted by Gasteiger charge is 2.46. The molecule has 1 aromatic carbocycles. The molecule has 1 N–H and O–H groups in total. The Labute approximate surface area is 159 Å². The Kier molecular flexibility index (Phi) is 5.28. The molecule has 1 heterocycles. The van der Waals surface area contributed by atoms with Crippen LogP contribution >= 0.6 is 0 Å². The Hall–Kier alpha value is -2.73. The maximum absolute atomic E-state index is 10.7. The quantitative estimate of drug-likeness (QED) is 0.489. The molecule has 6 nitrogen and oxygen atoms in total. The summed E-state index contributed by atoms with van der Waals surface area (Å²) in [6.07, 6.45) is 11.7. The fourth-order valence-corrected chi connectivity index (χ4v) is 3.96. The number of rotatable bonds is 5. The lowest BCUT2D eigenvalue weighted by atomic mass is 9.75. The highest BCUT2D eigenvalue weighted by Crippen LogP contribution is 2.49. The van der Waals surface area contributed by atoms with Crippen molar-refractivity contribution in [3.8, 4) is 0 Å². The molecule has 0 saturated carbocycles. The summed E-state index contributed by atoms with van der Waals surface area (Å²) < 4.78 is 0. The van der Waals surface area contributed by atoms with Crippen LogP contribution in [0, 0.1) is 21.4 Å². The first-order valence-corrected chi connectivity index (χ1v) is 9.03. The smallest absolute Gasteiger partial charge is 0.269 e. The predicted octanol–water partition coefficient (Wildman–Crippen LogP) is 3.67. The molecule has 0 spiro atoms. The number of likely N-dealkylation sites (tertiary alicyclic amines) is 1. The lowest BCUT2D eigenvalue weighted by Gasteiger charge is -2.26. The number of nitro benzene ring substituents is 1. The van der Waals surface area contributed by atoms with Gasteiger partial charge in [0.1, 0.15) is 0 Å². The molecule has 1 saturated heterocycles. The second-order valence-corrected chi connectivity index (χ2v) is 7.55. The van der Waals surface area contributed by atoms with E-state index in [4.69, 9.17) is 0 Å². The van der Waals surface area contributed by atoms with Crippen LogP contribution in [0.5, 0.6) is 0 Å². The number of aliphatic imine (C=N–C) groups is 1. The minimum Gasteiger partial charge on any atom is -0.386 e. The number of nitrogens with zero attached hydrogens (tertiary/aromatic N) is 3. The van der Waals surface area contributed by atoms with Gasteiger partial charge in [-0.2, -0.15) is 0 Å². The zero-order valence-corrected chi connectivity index (χ0v) is 15.8. The van der Waals surface area contributed by atoms with Crippen molar-refractivity contribution in [2.75, 3.05) is 13.6 Å². The van der Waals surface area contributed by atoms with Crippen LogP contribution in [0.25, 0.3) is 0 Å². The first-order chi connectivity index (χ1) is 12.8. The number of hydrogen-bond donors (Lipinski definition) is 1. The highest BCUT2D eigenvalue weighted by atomic mass is 16.6. The molecular weight excluding hydrogens is 342 g/mol. The average Bonchev–Trinajstić information content (AvgIpc) is 2.85. The lowest BCUT2D eigenvalue weighted by molar-refractivity contribution is -0.384. The van der Waals surface area contributed by atoms with Gasteiger partial charge in [0.05, 0.1) is 23.6 Å². The third-order valence-electron chi connectivity index (χ3n) is 5.53. The van der Waals surface area contributed by atoms with E-state index in [1.165, 1.54) is 17.8 Å². The predicted molar refractivity (Wildman–Crippen MR) is 107 cm³/mol. The van der Waals surface area contributed by atoms with Gasteiger partial charge in [-0.25, -0.2) is 0 Å². The molecule has 0 unspecified atom stereocenters. The average molecular weight is 367 g/mol. The molecular formula is C21H25N3O3. The normalized spacial score (nSPS) is 25.9. The standard InChI is InChI=1S/C21H25N3O3/c1-21(2)17-6-4-5-7-18(17)23(3)20(21)12-13-22-14-19(25)15-8-10-16(11-9-15)24(26)27/h4-13,17-19,25H,14H2,1-3H3/b20-12+,22-13?/t17-,18+,19-/m0/s1.